The van der Waals surface area contributed by atoms with Gasteiger partial charge in [0.05, 0.1) is 6.54 Å². The van der Waals surface area contributed by atoms with Crippen LogP contribution in [-0.2, 0) is 24.1 Å². The van der Waals surface area contributed by atoms with Crippen LogP contribution in [-0.4, -0.2) is 15.5 Å². The average Bonchev–Trinajstić information content (AvgIpc) is 3.18. The van der Waals surface area contributed by atoms with Crippen molar-refractivity contribution >= 4 is 28.3 Å². The summed E-state index contributed by atoms with van der Waals surface area (Å²) in [5, 5.41) is 5.01. The molecule has 4 nitrogen and oxygen atoms in total. The van der Waals surface area contributed by atoms with Crippen molar-refractivity contribution in [3.63, 3.8) is 0 Å². The van der Waals surface area contributed by atoms with E-state index >= 15 is 0 Å². The van der Waals surface area contributed by atoms with Crippen LogP contribution in [0.1, 0.15) is 17.0 Å². The van der Waals surface area contributed by atoms with Gasteiger partial charge < -0.3 is 9.88 Å². The number of carbonyl (C=O) groups is 1. The van der Waals surface area contributed by atoms with Crippen LogP contribution >= 0.6 is 11.3 Å². The summed E-state index contributed by atoms with van der Waals surface area (Å²) in [6.45, 7) is 0.304. The molecule has 0 aliphatic heterocycles. The van der Waals surface area contributed by atoms with Crippen molar-refractivity contribution < 1.29 is 18.0 Å². The molecule has 1 amide bonds. The van der Waals surface area contributed by atoms with Crippen molar-refractivity contribution in [3.8, 4) is 0 Å². The number of alkyl halides is 3. The van der Waals surface area contributed by atoms with E-state index in [-0.39, 0.29) is 24.5 Å². The predicted molar refractivity (Wildman–Crippen MR) is 85.5 cm³/mol. The minimum atomic E-state index is -4.49. The van der Waals surface area contributed by atoms with Crippen LogP contribution in [0.3, 0.4) is 0 Å². The van der Waals surface area contributed by atoms with Crippen LogP contribution in [0.5, 0.6) is 0 Å². The molecule has 0 aromatic carbocycles. The van der Waals surface area contributed by atoms with Crippen molar-refractivity contribution in [2.45, 2.75) is 25.7 Å². The van der Waals surface area contributed by atoms with E-state index in [9.17, 15) is 18.0 Å². The zero-order chi connectivity index (χ0) is 17.2. The molecule has 8 heteroatoms. The maximum atomic E-state index is 13.2. The Morgan fingerprint density at radius 2 is 2.12 bits per heavy atom. The van der Waals surface area contributed by atoms with Crippen molar-refractivity contribution in [3.05, 3.63) is 52.5 Å². The van der Waals surface area contributed by atoms with Gasteiger partial charge in [0.2, 0.25) is 5.91 Å². The Balaban J connectivity index is 1.73. The van der Waals surface area contributed by atoms with E-state index in [1.54, 1.807) is 12.1 Å². The fraction of sp³-hybridized carbons (Fsp3) is 0.250. The molecule has 24 heavy (non-hydrogen) atoms. The second-order valence-electron chi connectivity index (χ2n) is 5.20. The predicted octanol–water partition coefficient (Wildman–Crippen LogP) is 3.82. The Morgan fingerprint density at radius 3 is 2.83 bits per heavy atom. The maximum Gasteiger partial charge on any atom is 0.431 e. The van der Waals surface area contributed by atoms with Crippen LogP contribution < -0.4 is 5.32 Å². The molecule has 0 fully saturated rings. The fourth-order valence-electron chi connectivity index (χ4n) is 2.45. The normalized spacial score (nSPS) is 11.8. The smallest absolute Gasteiger partial charge is 0.351 e. The molecule has 0 aliphatic rings. The number of pyridine rings is 1. The van der Waals surface area contributed by atoms with Gasteiger partial charge in [0, 0.05) is 29.4 Å². The van der Waals surface area contributed by atoms with Crippen molar-refractivity contribution in [1.29, 1.82) is 0 Å². The zero-order valence-corrected chi connectivity index (χ0v) is 13.3. The summed E-state index contributed by atoms with van der Waals surface area (Å²) in [6, 6.07) is 7.98. The minimum absolute atomic E-state index is 0.0468. The topological polar surface area (TPSA) is 46.9 Å². The highest BCUT2D eigenvalue weighted by atomic mass is 32.1. The number of nitrogens with zero attached hydrogens (tertiary/aromatic N) is 2. The van der Waals surface area contributed by atoms with Gasteiger partial charge in [-0.1, -0.05) is 6.07 Å². The molecule has 3 heterocycles. The molecule has 0 radical (unpaired) electrons. The average molecular weight is 353 g/mol. The molecule has 1 N–H and O–H groups in total. The van der Waals surface area contributed by atoms with Gasteiger partial charge in [0.15, 0.2) is 0 Å². The third-order valence-corrected chi connectivity index (χ3v) is 4.42. The Morgan fingerprint density at radius 1 is 1.29 bits per heavy atom. The number of fused-ring (bicyclic) bond motifs is 1. The minimum Gasteiger partial charge on any atom is -0.351 e. The Kier molecular flexibility index (Phi) is 4.57. The van der Waals surface area contributed by atoms with E-state index in [2.05, 4.69) is 10.3 Å². The first-order chi connectivity index (χ1) is 11.4. The van der Waals surface area contributed by atoms with Crippen LogP contribution in [0.2, 0.25) is 0 Å². The first-order valence-corrected chi connectivity index (χ1v) is 8.13. The van der Waals surface area contributed by atoms with Gasteiger partial charge in [-0.2, -0.15) is 13.2 Å². The van der Waals surface area contributed by atoms with Gasteiger partial charge in [-0.05, 0) is 29.6 Å². The van der Waals surface area contributed by atoms with Crippen LogP contribution in [0, 0.1) is 0 Å². The number of rotatable bonds is 5. The highest BCUT2D eigenvalue weighted by Crippen LogP contribution is 2.33. The quantitative estimate of drug-likeness (QED) is 0.758. The molecule has 3 aromatic heterocycles. The molecule has 3 rings (SSSR count). The summed E-state index contributed by atoms with van der Waals surface area (Å²) in [6.07, 6.45) is -3.10. The number of aromatic nitrogens is 2. The second kappa shape index (κ2) is 6.64. The van der Waals surface area contributed by atoms with E-state index in [1.165, 1.54) is 17.5 Å². The molecule has 0 spiro atoms. The van der Waals surface area contributed by atoms with Gasteiger partial charge in [0.1, 0.15) is 11.3 Å². The number of carbonyl (C=O) groups excluding carboxylic acids is 1. The lowest BCUT2D eigenvalue weighted by Gasteiger charge is -2.12. The molecule has 0 atom stereocenters. The molecular formula is C16H14F3N3OS. The van der Waals surface area contributed by atoms with E-state index in [1.807, 2.05) is 17.5 Å². The maximum absolute atomic E-state index is 13.2. The van der Waals surface area contributed by atoms with Crippen molar-refractivity contribution in [2.24, 2.45) is 0 Å². The molecular weight excluding hydrogens is 339 g/mol. The van der Waals surface area contributed by atoms with E-state index in [0.717, 1.165) is 15.5 Å². The standard InChI is InChI=1S/C16H14F3N3OS/c17-16(18,19)13-9-11-3-1-6-20-15(11)22(13)7-5-14(23)21-10-12-4-2-8-24-12/h1-4,6,8-9H,5,7,10H2,(H,21,23). The van der Waals surface area contributed by atoms with Gasteiger partial charge in [-0.15, -0.1) is 11.3 Å². The molecule has 0 unspecified atom stereocenters. The van der Waals surface area contributed by atoms with Gasteiger partial charge >= 0.3 is 6.18 Å². The summed E-state index contributed by atoms with van der Waals surface area (Å²) < 4.78 is 40.6. The van der Waals surface area contributed by atoms with Crippen LogP contribution in [0.15, 0.2) is 41.9 Å². The van der Waals surface area contributed by atoms with Crippen LogP contribution in [0.4, 0.5) is 13.2 Å². The summed E-state index contributed by atoms with van der Waals surface area (Å²) in [7, 11) is 0. The lowest BCUT2D eigenvalue weighted by Crippen LogP contribution is -2.24. The van der Waals surface area contributed by atoms with Crippen LogP contribution in [0.25, 0.3) is 11.0 Å². The third-order valence-electron chi connectivity index (χ3n) is 3.55. The molecule has 0 bridgehead atoms. The Hall–Kier alpha value is -2.35. The SMILES string of the molecule is O=C(CCn1c(C(F)(F)F)cc2cccnc21)NCc1cccs1. The van der Waals surface area contributed by atoms with Gasteiger partial charge in [-0.25, -0.2) is 4.98 Å². The number of amides is 1. The van der Waals surface area contributed by atoms with Gasteiger partial charge in [-0.3, -0.25) is 4.79 Å². The molecule has 126 valence electrons. The Labute approximate surface area is 139 Å². The number of thiophene rings is 1. The van der Waals surface area contributed by atoms with E-state index < -0.39 is 11.9 Å². The molecule has 0 aliphatic carbocycles. The molecule has 0 saturated carbocycles. The Bertz CT molecular complexity index is 840. The summed E-state index contributed by atoms with van der Waals surface area (Å²) in [5.41, 5.74) is -0.557. The third kappa shape index (κ3) is 3.59. The zero-order valence-electron chi connectivity index (χ0n) is 12.5. The number of aryl methyl sites for hydroxylation is 1. The van der Waals surface area contributed by atoms with E-state index in [4.69, 9.17) is 0 Å². The number of nitrogens with one attached hydrogen (secondary N) is 1. The van der Waals surface area contributed by atoms with Gasteiger partial charge in [0.25, 0.3) is 0 Å². The molecule has 3 aromatic rings. The fourth-order valence-corrected chi connectivity index (χ4v) is 3.09. The summed E-state index contributed by atoms with van der Waals surface area (Å²) >= 11 is 1.51. The second-order valence-corrected chi connectivity index (χ2v) is 6.23. The number of hydrogen-bond acceptors (Lipinski definition) is 3. The largest absolute Gasteiger partial charge is 0.431 e. The van der Waals surface area contributed by atoms with Crippen molar-refractivity contribution in [1.82, 2.24) is 14.9 Å². The first kappa shape index (κ1) is 16.5. The number of hydrogen-bond donors (Lipinski definition) is 1. The lowest BCUT2D eigenvalue weighted by molar-refractivity contribution is -0.143. The highest BCUT2D eigenvalue weighted by molar-refractivity contribution is 7.09. The monoisotopic (exact) mass is 353 g/mol. The summed E-state index contributed by atoms with van der Waals surface area (Å²) in [5.74, 6) is -0.297. The van der Waals surface area contributed by atoms with E-state index in [0.29, 0.717) is 11.9 Å². The highest BCUT2D eigenvalue weighted by Gasteiger charge is 2.35. The summed E-state index contributed by atoms with van der Waals surface area (Å²) in [4.78, 5) is 16.9. The molecule has 0 saturated heterocycles. The first-order valence-electron chi connectivity index (χ1n) is 7.25. The lowest BCUT2D eigenvalue weighted by atomic mass is 10.3. The van der Waals surface area contributed by atoms with Crippen molar-refractivity contribution in [2.75, 3.05) is 0 Å². The number of halogens is 3.